The van der Waals surface area contributed by atoms with Crippen LogP contribution in [0.15, 0.2) is 44.8 Å². The van der Waals surface area contributed by atoms with Crippen LogP contribution in [-0.2, 0) is 0 Å². The van der Waals surface area contributed by atoms with E-state index in [2.05, 4.69) is 29.0 Å². The molecule has 0 saturated carbocycles. The molecule has 0 spiro atoms. The fraction of sp³-hybridized carbons (Fsp3) is 0.389. The lowest BCUT2D eigenvalue weighted by atomic mass is 9.95. The zero-order valence-electron chi connectivity index (χ0n) is 13.0. The van der Waals surface area contributed by atoms with Gasteiger partial charge in [-0.15, -0.1) is 11.3 Å². The van der Waals surface area contributed by atoms with Crippen molar-refractivity contribution in [2.75, 3.05) is 0 Å². The van der Waals surface area contributed by atoms with Crippen LogP contribution in [-0.4, -0.2) is 24.0 Å². The van der Waals surface area contributed by atoms with E-state index in [9.17, 15) is 4.79 Å². The van der Waals surface area contributed by atoms with Gasteiger partial charge in [0.05, 0.1) is 4.21 Å². The maximum absolute atomic E-state index is 12.4. The van der Waals surface area contributed by atoms with E-state index in [1.807, 2.05) is 24.3 Å². The van der Waals surface area contributed by atoms with Crippen molar-refractivity contribution in [2.24, 2.45) is 0 Å². The lowest BCUT2D eigenvalue weighted by Gasteiger charge is -2.21. The Hall–Kier alpha value is -1.30. The Kier molecular flexibility index (Phi) is 4.18. The minimum atomic E-state index is 0.0490. The number of fused-ring (bicyclic) bond motifs is 2. The minimum absolute atomic E-state index is 0.0490. The Labute approximate surface area is 144 Å². The highest BCUT2D eigenvalue weighted by Gasteiger charge is 2.39. The van der Waals surface area contributed by atoms with E-state index in [0.717, 1.165) is 12.0 Å². The predicted molar refractivity (Wildman–Crippen MR) is 95.4 cm³/mol. The lowest BCUT2D eigenvalue weighted by Crippen LogP contribution is -2.42. The number of rotatable bonds is 4. The summed E-state index contributed by atoms with van der Waals surface area (Å²) in [4.78, 5) is 13.6. The van der Waals surface area contributed by atoms with Crippen LogP contribution in [0.1, 0.15) is 35.2 Å². The first-order valence-electron chi connectivity index (χ1n) is 8.07. The molecule has 0 radical (unpaired) electrons. The van der Waals surface area contributed by atoms with Crippen LogP contribution in [0.4, 0.5) is 0 Å². The summed E-state index contributed by atoms with van der Waals surface area (Å²) in [6, 6.07) is 11.5. The van der Waals surface area contributed by atoms with Gasteiger partial charge in [-0.05, 0) is 67.5 Å². The predicted octanol–water partition coefficient (Wildman–Crippen LogP) is 3.83. The van der Waals surface area contributed by atoms with Crippen LogP contribution in [0.5, 0.6) is 0 Å². The zero-order valence-corrected chi connectivity index (χ0v) is 14.7. The maximum atomic E-state index is 12.4. The number of hydrogen-bond donors (Lipinski definition) is 2. The van der Waals surface area contributed by atoms with Gasteiger partial charge < -0.3 is 10.6 Å². The third-order valence-electron chi connectivity index (χ3n) is 4.66. The number of carbonyl (C=O) groups excluding carboxylic acids is 1. The first kappa shape index (κ1) is 15.2. The van der Waals surface area contributed by atoms with Gasteiger partial charge in [-0.25, -0.2) is 0 Å². The highest BCUT2D eigenvalue weighted by molar-refractivity contribution is 8.01. The number of thiophene rings is 1. The highest BCUT2D eigenvalue weighted by atomic mass is 32.2. The molecule has 1 amide bonds. The van der Waals surface area contributed by atoms with Crippen LogP contribution < -0.4 is 10.6 Å². The minimum Gasteiger partial charge on any atom is -0.348 e. The van der Waals surface area contributed by atoms with Gasteiger partial charge in [0.1, 0.15) is 0 Å². The molecule has 2 aromatic rings. The van der Waals surface area contributed by atoms with Gasteiger partial charge in [0, 0.05) is 28.6 Å². The van der Waals surface area contributed by atoms with Crippen molar-refractivity contribution in [3.8, 4) is 0 Å². The summed E-state index contributed by atoms with van der Waals surface area (Å²) < 4.78 is 1.28. The van der Waals surface area contributed by atoms with E-state index < -0.39 is 0 Å². The highest BCUT2D eigenvalue weighted by Crippen LogP contribution is 2.33. The first-order valence-corrected chi connectivity index (χ1v) is 9.77. The van der Waals surface area contributed by atoms with E-state index in [4.69, 9.17) is 0 Å². The van der Waals surface area contributed by atoms with E-state index in [1.54, 1.807) is 23.1 Å². The van der Waals surface area contributed by atoms with E-state index in [1.165, 1.54) is 27.5 Å². The largest absolute Gasteiger partial charge is 0.348 e. The quantitative estimate of drug-likeness (QED) is 0.886. The monoisotopic (exact) mass is 344 g/mol. The van der Waals surface area contributed by atoms with Crippen LogP contribution in [0.2, 0.25) is 0 Å². The zero-order chi connectivity index (χ0) is 15.8. The van der Waals surface area contributed by atoms with Gasteiger partial charge in [0.2, 0.25) is 0 Å². The molecule has 2 aliphatic rings. The Balaban J connectivity index is 1.38. The molecule has 5 heteroatoms. The third kappa shape index (κ3) is 3.32. The number of carbonyl (C=O) groups is 1. The summed E-state index contributed by atoms with van der Waals surface area (Å²) in [5.41, 5.74) is 2.05. The van der Waals surface area contributed by atoms with Gasteiger partial charge in [0.15, 0.2) is 0 Å². The van der Waals surface area contributed by atoms with Gasteiger partial charge in [-0.2, -0.15) is 0 Å². The molecule has 1 aromatic carbocycles. The Morgan fingerprint density at radius 3 is 2.74 bits per heavy atom. The van der Waals surface area contributed by atoms with Crippen molar-refractivity contribution < 1.29 is 4.79 Å². The molecule has 2 bridgehead atoms. The third-order valence-corrected chi connectivity index (χ3v) is 6.86. The molecule has 4 rings (SSSR count). The molecular weight excluding hydrogens is 324 g/mol. The molecule has 1 aromatic heterocycles. The average Bonchev–Trinajstić information content (AvgIpc) is 3.25. The number of aryl methyl sites for hydroxylation is 1. The molecule has 2 fully saturated rings. The molecule has 2 aliphatic heterocycles. The Morgan fingerprint density at radius 2 is 2.13 bits per heavy atom. The summed E-state index contributed by atoms with van der Waals surface area (Å²) in [5, 5.41) is 8.91. The molecule has 0 unspecified atom stereocenters. The number of benzene rings is 1. The van der Waals surface area contributed by atoms with Crippen LogP contribution in [0.3, 0.4) is 0 Å². The van der Waals surface area contributed by atoms with Crippen molar-refractivity contribution in [2.45, 2.75) is 53.4 Å². The van der Waals surface area contributed by atoms with Crippen LogP contribution in [0.25, 0.3) is 0 Å². The molecule has 2 saturated heterocycles. The van der Waals surface area contributed by atoms with E-state index >= 15 is 0 Å². The van der Waals surface area contributed by atoms with Gasteiger partial charge >= 0.3 is 0 Å². The number of hydrogen-bond acceptors (Lipinski definition) is 4. The standard InChI is InChI=1S/C18H20N2OS2/c1-11-8-17(22-10-11)23-14-5-2-12(3-6-14)18(21)20-16-9-13-4-7-15(16)19-13/h2-3,5-6,8,10,13,15-16,19H,4,7,9H2,1H3,(H,20,21)/t13-,15+,16-/m1/s1. The maximum Gasteiger partial charge on any atom is 0.251 e. The van der Waals surface area contributed by atoms with Crippen molar-refractivity contribution in [1.29, 1.82) is 0 Å². The molecule has 0 aliphatic carbocycles. The topological polar surface area (TPSA) is 41.1 Å². The second-order valence-corrected chi connectivity index (χ2v) is 8.72. The summed E-state index contributed by atoms with van der Waals surface area (Å²) >= 11 is 3.51. The molecule has 3 heterocycles. The van der Waals surface area contributed by atoms with Crippen molar-refractivity contribution in [3.63, 3.8) is 0 Å². The lowest BCUT2D eigenvalue weighted by molar-refractivity contribution is 0.0931. The van der Waals surface area contributed by atoms with Gasteiger partial charge in [-0.1, -0.05) is 11.8 Å². The van der Waals surface area contributed by atoms with E-state index in [-0.39, 0.29) is 5.91 Å². The molecular formula is C18H20N2OS2. The fourth-order valence-corrected chi connectivity index (χ4v) is 5.48. The first-order chi connectivity index (χ1) is 11.2. The summed E-state index contributed by atoms with van der Waals surface area (Å²) in [6.07, 6.45) is 3.51. The molecule has 3 atom stereocenters. The second-order valence-electron chi connectivity index (χ2n) is 6.43. The van der Waals surface area contributed by atoms with Gasteiger partial charge in [-0.3, -0.25) is 4.79 Å². The SMILES string of the molecule is Cc1csc(Sc2ccc(C(=O)N[C@@H]3C[C@H]4CC[C@@H]3N4)cc2)c1. The molecule has 3 nitrogen and oxygen atoms in total. The van der Waals surface area contributed by atoms with E-state index in [0.29, 0.717) is 18.1 Å². The molecule has 2 N–H and O–H groups in total. The Morgan fingerprint density at radius 1 is 1.30 bits per heavy atom. The van der Waals surface area contributed by atoms with Crippen LogP contribution >= 0.6 is 23.1 Å². The van der Waals surface area contributed by atoms with Crippen molar-refractivity contribution >= 4 is 29.0 Å². The van der Waals surface area contributed by atoms with Gasteiger partial charge in [0.25, 0.3) is 5.91 Å². The average molecular weight is 345 g/mol. The normalized spacial score (nSPS) is 25.7. The molecule has 120 valence electrons. The summed E-state index contributed by atoms with van der Waals surface area (Å²) in [6.45, 7) is 2.11. The number of amides is 1. The smallest absolute Gasteiger partial charge is 0.251 e. The summed E-state index contributed by atoms with van der Waals surface area (Å²) in [7, 11) is 0. The van der Waals surface area contributed by atoms with Crippen molar-refractivity contribution in [3.05, 3.63) is 46.8 Å². The Bertz CT molecular complexity index is 710. The molecule has 23 heavy (non-hydrogen) atoms. The number of nitrogens with one attached hydrogen (secondary N) is 2. The summed E-state index contributed by atoms with van der Waals surface area (Å²) in [5.74, 6) is 0.0490. The van der Waals surface area contributed by atoms with Crippen molar-refractivity contribution in [1.82, 2.24) is 10.6 Å². The van der Waals surface area contributed by atoms with Crippen LogP contribution in [0, 0.1) is 6.92 Å². The fourth-order valence-electron chi connectivity index (χ4n) is 3.48. The second kappa shape index (κ2) is 6.30.